The average molecular weight is 207 g/mol. The lowest BCUT2D eigenvalue weighted by molar-refractivity contribution is 0.336. The lowest BCUT2D eigenvalue weighted by Gasteiger charge is -2.12. The molecule has 0 aliphatic heterocycles. The second-order valence-corrected chi connectivity index (χ2v) is 3.75. The number of benzene rings is 1. The van der Waals surface area contributed by atoms with E-state index in [1.165, 1.54) is 5.56 Å². The maximum absolute atomic E-state index is 5.90. The first-order chi connectivity index (χ1) is 7.27. The summed E-state index contributed by atoms with van der Waals surface area (Å²) in [6.45, 7) is 4.85. The van der Waals surface area contributed by atoms with Crippen molar-refractivity contribution in [1.82, 2.24) is 0 Å². The molecule has 84 valence electrons. The van der Waals surface area contributed by atoms with Crippen LogP contribution in [0.15, 0.2) is 24.3 Å². The zero-order chi connectivity index (χ0) is 11.1. The van der Waals surface area contributed by atoms with Crippen molar-refractivity contribution in [2.75, 3.05) is 6.61 Å². The molecule has 0 heterocycles. The highest BCUT2D eigenvalue weighted by molar-refractivity contribution is 5.33. The van der Waals surface area contributed by atoms with Crippen molar-refractivity contribution in [2.45, 2.75) is 39.2 Å². The molecule has 1 aromatic carbocycles. The van der Waals surface area contributed by atoms with E-state index in [1.54, 1.807) is 0 Å². The number of nitrogens with two attached hydrogens (primary N) is 1. The smallest absolute Gasteiger partial charge is 0.122 e. The molecule has 1 atom stereocenters. The van der Waals surface area contributed by atoms with Crippen LogP contribution in [0.4, 0.5) is 0 Å². The summed E-state index contributed by atoms with van der Waals surface area (Å²) in [5, 5.41) is 0. The molecular formula is C13H21NO. The Morgan fingerprint density at radius 1 is 1.27 bits per heavy atom. The van der Waals surface area contributed by atoms with Gasteiger partial charge in [0.1, 0.15) is 5.75 Å². The van der Waals surface area contributed by atoms with Crippen LogP contribution in [0, 0.1) is 0 Å². The summed E-state index contributed by atoms with van der Waals surface area (Å²) in [7, 11) is 0. The first-order valence-electron chi connectivity index (χ1n) is 5.74. The summed E-state index contributed by atoms with van der Waals surface area (Å²) < 4.78 is 5.56. The van der Waals surface area contributed by atoms with Gasteiger partial charge in [-0.05, 0) is 37.8 Å². The van der Waals surface area contributed by atoms with Crippen molar-refractivity contribution in [1.29, 1.82) is 0 Å². The zero-order valence-corrected chi connectivity index (χ0v) is 9.70. The van der Waals surface area contributed by atoms with Gasteiger partial charge < -0.3 is 10.5 Å². The summed E-state index contributed by atoms with van der Waals surface area (Å²) in [4.78, 5) is 0. The minimum Gasteiger partial charge on any atom is -0.494 e. The van der Waals surface area contributed by atoms with Crippen LogP contribution in [-0.2, 0) is 6.42 Å². The van der Waals surface area contributed by atoms with Gasteiger partial charge in [0.05, 0.1) is 6.61 Å². The number of ether oxygens (including phenoxy) is 1. The lowest BCUT2D eigenvalue weighted by Crippen LogP contribution is -2.19. The number of hydrogen-bond acceptors (Lipinski definition) is 2. The highest BCUT2D eigenvalue weighted by atomic mass is 16.5. The summed E-state index contributed by atoms with van der Waals surface area (Å²) in [6.07, 6.45) is 3.07. The molecule has 0 amide bonds. The van der Waals surface area contributed by atoms with Crippen LogP contribution in [0.1, 0.15) is 32.3 Å². The molecule has 0 aliphatic carbocycles. The van der Waals surface area contributed by atoms with Gasteiger partial charge in [-0.2, -0.15) is 0 Å². The highest BCUT2D eigenvalue weighted by Gasteiger charge is 2.04. The number of hydrogen-bond donors (Lipinski definition) is 1. The molecule has 15 heavy (non-hydrogen) atoms. The SMILES string of the molecule is CCOc1ccccc1CCC(N)CC. The predicted molar refractivity (Wildman–Crippen MR) is 64.2 cm³/mol. The Morgan fingerprint density at radius 3 is 2.67 bits per heavy atom. The molecule has 0 fully saturated rings. The van der Waals surface area contributed by atoms with Gasteiger partial charge in [-0.3, -0.25) is 0 Å². The van der Waals surface area contributed by atoms with Crippen LogP contribution in [0.5, 0.6) is 5.75 Å². The Labute approximate surface area is 92.4 Å². The van der Waals surface area contributed by atoms with E-state index in [1.807, 2.05) is 19.1 Å². The normalized spacial score (nSPS) is 12.5. The van der Waals surface area contributed by atoms with Crippen LogP contribution in [0.3, 0.4) is 0 Å². The van der Waals surface area contributed by atoms with Crippen LogP contribution in [0.25, 0.3) is 0 Å². The first-order valence-corrected chi connectivity index (χ1v) is 5.74. The standard InChI is InChI=1S/C13H21NO/c1-3-12(14)10-9-11-7-5-6-8-13(11)15-4-2/h5-8,12H,3-4,9-10,14H2,1-2H3. The minimum atomic E-state index is 0.305. The first kappa shape index (κ1) is 12.1. The van der Waals surface area contributed by atoms with Gasteiger partial charge in [-0.1, -0.05) is 25.1 Å². The second kappa shape index (κ2) is 6.46. The molecule has 0 aliphatic rings. The lowest BCUT2D eigenvalue weighted by atomic mass is 10.0. The Hall–Kier alpha value is -1.02. The minimum absolute atomic E-state index is 0.305. The fourth-order valence-corrected chi connectivity index (χ4v) is 1.55. The van der Waals surface area contributed by atoms with Crippen molar-refractivity contribution < 1.29 is 4.74 Å². The van der Waals surface area contributed by atoms with Crippen molar-refractivity contribution >= 4 is 0 Å². The van der Waals surface area contributed by atoms with Crippen molar-refractivity contribution in [3.63, 3.8) is 0 Å². The molecule has 0 spiro atoms. The molecule has 0 radical (unpaired) electrons. The molecule has 1 rings (SSSR count). The molecule has 0 saturated heterocycles. The van der Waals surface area contributed by atoms with E-state index in [0.717, 1.165) is 31.6 Å². The third kappa shape index (κ3) is 3.92. The topological polar surface area (TPSA) is 35.2 Å². The van der Waals surface area contributed by atoms with Crippen LogP contribution < -0.4 is 10.5 Å². The molecule has 0 bridgehead atoms. The summed E-state index contributed by atoms with van der Waals surface area (Å²) in [5.74, 6) is 1.00. The monoisotopic (exact) mass is 207 g/mol. The largest absolute Gasteiger partial charge is 0.494 e. The van der Waals surface area contributed by atoms with Crippen molar-refractivity contribution in [3.8, 4) is 5.75 Å². The Balaban J connectivity index is 2.58. The van der Waals surface area contributed by atoms with Gasteiger partial charge in [0.25, 0.3) is 0 Å². The zero-order valence-electron chi connectivity index (χ0n) is 9.70. The number of para-hydroxylation sites is 1. The molecule has 2 nitrogen and oxygen atoms in total. The Bertz CT molecular complexity index is 286. The number of aryl methyl sites for hydroxylation is 1. The molecule has 2 heteroatoms. The van der Waals surface area contributed by atoms with Crippen LogP contribution >= 0.6 is 0 Å². The van der Waals surface area contributed by atoms with E-state index in [4.69, 9.17) is 10.5 Å². The van der Waals surface area contributed by atoms with Gasteiger partial charge in [-0.15, -0.1) is 0 Å². The van der Waals surface area contributed by atoms with E-state index in [-0.39, 0.29) is 0 Å². The summed E-state index contributed by atoms with van der Waals surface area (Å²) >= 11 is 0. The van der Waals surface area contributed by atoms with Gasteiger partial charge >= 0.3 is 0 Å². The van der Waals surface area contributed by atoms with E-state index < -0.39 is 0 Å². The third-order valence-corrected chi connectivity index (χ3v) is 2.58. The fourth-order valence-electron chi connectivity index (χ4n) is 1.55. The van der Waals surface area contributed by atoms with Gasteiger partial charge in [0, 0.05) is 6.04 Å². The van der Waals surface area contributed by atoms with E-state index in [9.17, 15) is 0 Å². The molecule has 0 saturated carbocycles. The molecule has 0 aromatic heterocycles. The van der Waals surface area contributed by atoms with Crippen LogP contribution in [0.2, 0.25) is 0 Å². The predicted octanol–water partition coefficient (Wildman–Crippen LogP) is 2.76. The van der Waals surface area contributed by atoms with Gasteiger partial charge in [0.2, 0.25) is 0 Å². The Morgan fingerprint density at radius 2 is 2.00 bits per heavy atom. The van der Waals surface area contributed by atoms with Crippen molar-refractivity contribution in [2.24, 2.45) is 5.73 Å². The highest BCUT2D eigenvalue weighted by Crippen LogP contribution is 2.20. The fraction of sp³-hybridized carbons (Fsp3) is 0.538. The maximum Gasteiger partial charge on any atom is 0.122 e. The average Bonchev–Trinajstić information content (AvgIpc) is 2.28. The molecule has 1 unspecified atom stereocenters. The quantitative estimate of drug-likeness (QED) is 0.778. The Kier molecular flexibility index (Phi) is 5.19. The second-order valence-electron chi connectivity index (χ2n) is 3.75. The summed E-state index contributed by atoms with van der Waals surface area (Å²) in [5.41, 5.74) is 7.17. The van der Waals surface area contributed by atoms with E-state index >= 15 is 0 Å². The molecule has 1 aromatic rings. The van der Waals surface area contributed by atoms with Crippen molar-refractivity contribution in [3.05, 3.63) is 29.8 Å². The maximum atomic E-state index is 5.90. The molecular weight excluding hydrogens is 186 g/mol. The van der Waals surface area contributed by atoms with Gasteiger partial charge in [0.15, 0.2) is 0 Å². The van der Waals surface area contributed by atoms with E-state index in [2.05, 4.69) is 19.1 Å². The van der Waals surface area contributed by atoms with Gasteiger partial charge in [-0.25, -0.2) is 0 Å². The van der Waals surface area contributed by atoms with E-state index in [0.29, 0.717) is 6.04 Å². The van der Waals surface area contributed by atoms with Crippen LogP contribution in [-0.4, -0.2) is 12.6 Å². The third-order valence-electron chi connectivity index (χ3n) is 2.58. The number of rotatable bonds is 6. The molecule has 2 N–H and O–H groups in total. The summed E-state index contributed by atoms with van der Waals surface area (Å²) in [6, 6.07) is 8.51.